The van der Waals surface area contributed by atoms with Gasteiger partial charge in [0.05, 0.1) is 5.69 Å². The number of aromatic nitrogens is 3. The Kier molecular flexibility index (Phi) is 5.58. The van der Waals surface area contributed by atoms with E-state index in [0.717, 1.165) is 43.1 Å². The van der Waals surface area contributed by atoms with Gasteiger partial charge in [0.2, 0.25) is 0 Å². The maximum Gasteiger partial charge on any atom is 0.251 e. The lowest BCUT2D eigenvalue weighted by Crippen LogP contribution is -2.44. The molecule has 3 aromatic heterocycles. The van der Waals surface area contributed by atoms with Gasteiger partial charge >= 0.3 is 0 Å². The number of nitrogens with zero attached hydrogens (tertiary/aromatic N) is 4. The van der Waals surface area contributed by atoms with Gasteiger partial charge in [0.15, 0.2) is 0 Å². The SMILES string of the molecule is CC(C)NC(=O)c1ccnc(N2CCC(c3ccccc3)(c3cn4ccccc4n3)CC2)c1. The van der Waals surface area contributed by atoms with Gasteiger partial charge in [0, 0.05) is 48.7 Å². The molecule has 0 atom stereocenters. The van der Waals surface area contributed by atoms with Crippen LogP contribution in [0.1, 0.15) is 48.3 Å². The standard InChI is InChI=1S/C27H29N5O/c1-20(2)29-26(33)21-11-14-28-25(18-21)31-16-12-27(13-17-31,22-8-4-3-5-9-22)23-19-32-15-7-6-10-24(32)30-23/h3-11,14-15,18-20H,12-13,16-17H2,1-2H3,(H,29,33). The van der Waals surface area contributed by atoms with E-state index in [2.05, 4.69) is 68.4 Å². The van der Waals surface area contributed by atoms with Crippen LogP contribution in [0, 0.1) is 0 Å². The quantitative estimate of drug-likeness (QED) is 0.499. The molecule has 33 heavy (non-hydrogen) atoms. The molecule has 4 aromatic rings. The fourth-order valence-electron chi connectivity index (χ4n) is 4.81. The Hall–Kier alpha value is -3.67. The number of amides is 1. The van der Waals surface area contributed by atoms with E-state index in [1.807, 2.05) is 32.0 Å². The summed E-state index contributed by atoms with van der Waals surface area (Å²) in [6, 6.07) is 20.6. The number of hydrogen-bond donors (Lipinski definition) is 1. The number of hydrogen-bond acceptors (Lipinski definition) is 4. The van der Waals surface area contributed by atoms with Crippen molar-refractivity contribution in [2.45, 2.75) is 38.1 Å². The Labute approximate surface area is 194 Å². The number of carbonyl (C=O) groups is 1. The highest BCUT2D eigenvalue weighted by Crippen LogP contribution is 2.42. The molecule has 168 valence electrons. The first kappa shape index (κ1) is 21.2. The number of fused-ring (bicyclic) bond motifs is 1. The predicted octanol–water partition coefficient (Wildman–Crippen LogP) is 4.45. The van der Waals surface area contributed by atoms with Gasteiger partial charge in [-0.3, -0.25) is 4.79 Å². The predicted molar refractivity (Wildman–Crippen MR) is 131 cm³/mol. The van der Waals surface area contributed by atoms with Crippen LogP contribution in [-0.2, 0) is 5.41 Å². The second-order valence-electron chi connectivity index (χ2n) is 9.06. The topological polar surface area (TPSA) is 62.5 Å². The molecule has 0 bridgehead atoms. The third-order valence-corrected chi connectivity index (χ3v) is 6.55. The summed E-state index contributed by atoms with van der Waals surface area (Å²) in [6.45, 7) is 5.61. The molecule has 0 unspecified atom stereocenters. The Morgan fingerprint density at radius 3 is 2.52 bits per heavy atom. The number of imidazole rings is 1. The van der Waals surface area contributed by atoms with Crippen molar-refractivity contribution in [3.63, 3.8) is 0 Å². The zero-order valence-electron chi connectivity index (χ0n) is 19.1. The minimum Gasteiger partial charge on any atom is -0.357 e. The summed E-state index contributed by atoms with van der Waals surface area (Å²) in [5.41, 5.74) is 3.87. The molecule has 6 nitrogen and oxygen atoms in total. The summed E-state index contributed by atoms with van der Waals surface area (Å²) in [7, 11) is 0. The third-order valence-electron chi connectivity index (χ3n) is 6.55. The molecule has 1 saturated heterocycles. The van der Waals surface area contributed by atoms with E-state index in [9.17, 15) is 4.79 Å². The minimum absolute atomic E-state index is 0.0611. The Balaban J connectivity index is 1.44. The molecule has 1 aromatic carbocycles. The zero-order valence-corrected chi connectivity index (χ0v) is 19.1. The summed E-state index contributed by atoms with van der Waals surface area (Å²) in [6.07, 6.45) is 7.80. The summed E-state index contributed by atoms with van der Waals surface area (Å²) >= 11 is 0. The molecule has 0 radical (unpaired) electrons. The van der Waals surface area contributed by atoms with E-state index in [1.54, 1.807) is 12.3 Å². The number of carbonyl (C=O) groups excluding carboxylic acids is 1. The van der Waals surface area contributed by atoms with Gasteiger partial charge in [-0.1, -0.05) is 36.4 Å². The van der Waals surface area contributed by atoms with Crippen molar-refractivity contribution in [1.29, 1.82) is 0 Å². The van der Waals surface area contributed by atoms with Gasteiger partial charge in [0.25, 0.3) is 5.91 Å². The van der Waals surface area contributed by atoms with E-state index in [1.165, 1.54) is 5.56 Å². The Morgan fingerprint density at radius 1 is 1.03 bits per heavy atom. The van der Waals surface area contributed by atoms with Crippen LogP contribution in [0.25, 0.3) is 5.65 Å². The van der Waals surface area contributed by atoms with E-state index >= 15 is 0 Å². The Morgan fingerprint density at radius 2 is 1.79 bits per heavy atom. The van der Waals surface area contributed by atoms with Crippen LogP contribution in [-0.4, -0.2) is 39.4 Å². The molecule has 5 rings (SSSR count). The van der Waals surface area contributed by atoms with E-state index < -0.39 is 0 Å². The second-order valence-corrected chi connectivity index (χ2v) is 9.06. The highest BCUT2D eigenvalue weighted by atomic mass is 16.1. The number of nitrogens with one attached hydrogen (secondary N) is 1. The first-order valence-electron chi connectivity index (χ1n) is 11.6. The monoisotopic (exact) mass is 439 g/mol. The first-order chi connectivity index (χ1) is 16.0. The molecule has 1 aliphatic heterocycles. The smallest absolute Gasteiger partial charge is 0.251 e. The number of piperidine rings is 1. The molecule has 1 fully saturated rings. The maximum absolute atomic E-state index is 12.5. The summed E-state index contributed by atoms with van der Waals surface area (Å²) in [5.74, 6) is 0.789. The molecular weight excluding hydrogens is 410 g/mol. The molecule has 0 saturated carbocycles. The van der Waals surface area contributed by atoms with Crippen LogP contribution in [0.3, 0.4) is 0 Å². The van der Waals surface area contributed by atoms with Gasteiger partial charge in [-0.05, 0) is 56.5 Å². The fourth-order valence-corrected chi connectivity index (χ4v) is 4.81. The van der Waals surface area contributed by atoms with Crippen molar-refractivity contribution in [3.8, 4) is 0 Å². The highest BCUT2D eigenvalue weighted by Gasteiger charge is 2.40. The van der Waals surface area contributed by atoms with Crippen molar-refractivity contribution < 1.29 is 4.79 Å². The molecular formula is C27H29N5O. The van der Waals surface area contributed by atoms with Gasteiger partial charge in [-0.2, -0.15) is 0 Å². The third kappa shape index (κ3) is 4.09. The van der Waals surface area contributed by atoms with Crippen molar-refractivity contribution in [3.05, 3.63) is 96.1 Å². The molecule has 0 spiro atoms. The van der Waals surface area contributed by atoms with Crippen LogP contribution < -0.4 is 10.2 Å². The minimum atomic E-state index is -0.156. The highest BCUT2D eigenvalue weighted by molar-refractivity contribution is 5.95. The van der Waals surface area contributed by atoms with Crippen LogP contribution in [0.2, 0.25) is 0 Å². The average molecular weight is 440 g/mol. The second kappa shape index (κ2) is 8.70. The fraction of sp³-hybridized carbons (Fsp3) is 0.296. The van der Waals surface area contributed by atoms with Crippen molar-refractivity contribution >= 4 is 17.4 Å². The number of pyridine rings is 2. The van der Waals surface area contributed by atoms with Gasteiger partial charge in [0.1, 0.15) is 11.5 Å². The normalized spacial score (nSPS) is 15.7. The lowest BCUT2D eigenvalue weighted by Gasteiger charge is -2.42. The molecule has 1 aliphatic rings. The largest absolute Gasteiger partial charge is 0.357 e. The van der Waals surface area contributed by atoms with Crippen molar-refractivity contribution in [1.82, 2.24) is 19.7 Å². The van der Waals surface area contributed by atoms with Crippen molar-refractivity contribution in [2.24, 2.45) is 0 Å². The molecule has 4 heterocycles. The molecule has 0 aliphatic carbocycles. The van der Waals surface area contributed by atoms with E-state index in [0.29, 0.717) is 5.56 Å². The van der Waals surface area contributed by atoms with E-state index in [-0.39, 0.29) is 17.4 Å². The summed E-state index contributed by atoms with van der Waals surface area (Å²) in [5, 5.41) is 2.96. The number of anilines is 1. The van der Waals surface area contributed by atoms with Gasteiger partial charge < -0.3 is 14.6 Å². The molecule has 1 N–H and O–H groups in total. The van der Waals surface area contributed by atoms with Gasteiger partial charge in [-0.15, -0.1) is 0 Å². The molecule has 6 heteroatoms. The number of rotatable bonds is 5. The van der Waals surface area contributed by atoms with Crippen LogP contribution in [0.5, 0.6) is 0 Å². The zero-order chi connectivity index (χ0) is 22.8. The van der Waals surface area contributed by atoms with Gasteiger partial charge in [-0.25, -0.2) is 9.97 Å². The van der Waals surface area contributed by atoms with E-state index in [4.69, 9.17) is 4.98 Å². The summed E-state index contributed by atoms with van der Waals surface area (Å²) in [4.78, 5) is 24.4. The van der Waals surface area contributed by atoms with Crippen LogP contribution in [0.4, 0.5) is 5.82 Å². The lowest BCUT2D eigenvalue weighted by atomic mass is 9.70. The van der Waals surface area contributed by atoms with Crippen LogP contribution in [0.15, 0.2) is 79.3 Å². The number of benzene rings is 1. The average Bonchev–Trinajstić information content (AvgIpc) is 3.29. The Bertz CT molecular complexity index is 1220. The van der Waals surface area contributed by atoms with Crippen LogP contribution >= 0.6 is 0 Å². The molecule has 1 amide bonds. The first-order valence-corrected chi connectivity index (χ1v) is 11.6. The maximum atomic E-state index is 12.5. The summed E-state index contributed by atoms with van der Waals surface area (Å²) < 4.78 is 2.10. The lowest BCUT2D eigenvalue weighted by molar-refractivity contribution is 0.0943. The van der Waals surface area contributed by atoms with Crippen molar-refractivity contribution in [2.75, 3.05) is 18.0 Å².